The van der Waals surface area contributed by atoms with Crippen LogP contribution in [0.2, 0.25) is 0 Å². The fourth-order valence-electron chi connectivity index (χ4n) is 4.90. The molecule has 1 N–H and O–H groups in total. The molecule has 2 heterocycles. The number of amides is 2. The lowest BCUT2D eigenvalue weighted by molar-refractivity contribution is -0.164. The molecule has 1 saturated heterocycles. The third-order valence-corrected chi connectivity index (χ3v) is 7.62. The maximum atomic E-state index is 13.7. The minimum atomic E-state index is -1.32. The van der Waals surface area contributed by atoms with E-state index in [1.807, 2.05) is 30.3 Å². The van der Waals surface area contributed by atoms with E-state index in [1.165, 1.54) is 20.5 Å². The van der Waals surface area contributed by atoms with E-state index in [9.17, 15) is 14.4 Å². The number of halogens is 1. The Hall–Kier alpha value is -2.69. The second kappa shape index (κ2) is 16.5. The van der Waals surface area contributed by atoms with Gasteiger partial charge < -0.3 is 23.7 Å². The van der Waals surface area contributed by atoms with Crippen LogP contribution in [0.4, 0.5) is 4.79 Å². The highest BCUT2D eigenvalue weighted by atomic mass is 79.9. The first-order valence-corrected chi connectivity index (χ1v) is 14.8. The summed E-state index contributed by atoms with van der Waals surface area (Å²) in [6.45, 7) is 1.57. The SMILES string of the molecule is COC(C(=O)N1C(=O)OCC1Cc1ccccc1)C(OC(C)=O)c1cc(Br)c(CCCCCCCCCCO)o1. The van der Waals surface area contributed by atoms with E-state index in [0.29, 0.717) is 23.1 Å². The summed E-state index contributed by atoms with van der Waals surface area (Å²) in [5.74, 6) is -0.323. The molecule has 0 aliphatic carbocycles. The van der Waals surface area contributed by atoms with E-state index in [1.54, 1.807) is 6.07 Å². The minimum Gasteiger partial charge on any atom is -0.461 e. The van der Waals surface area contributed by atoms with Crippen molar-refractivity contribution in [2.24, 2.45) is 0 Å². The zero-order chi connectivity index (χ0) is 28.9. The van der Waals surface area contributed by atoms with Crippen LogP contribution < -0.4 is 0 Å². The maximum absolute atomic E-state index is 13.7. The first-order valence-electron chi connectivity index (χ1n) is 14.0. The van der Waals surface area contributed by atoms with E-state index < -0.39 is 36.2 Å². The van der Waals surface area contributed by atoms with Gasteiger partial charge >= 0.3 is 12.1 Å². The van der Waals surface area contributed by atoms with Crippen LogP contribution >= 0.6 is 15.9 Å². The van der Waals surface area contributed by atoms with Gasteiger partial charge in [0.15, 0.2) is 12.2 Å². The van der Waals surface area contributed by atoms with Crippen molar-refractivity contribution in [2.75, 3.05) is 20.3 Å². The molecule has 1 fully saturated rings. The van der Waals surface area contributed by atoms with E-state index in [4.69, 9.17) is 23.7 Å². The number of methoxy groups -OCH3 is 1. The number of benzene rings is 1. The average Bonchev–Trinajstić information content (AvgIpc) is 3.49. The number of hydrogen-bond acceptors (Lipinski definition) is 8. The first kappa shape index (κ1) is 31.8. The van der Waals surface area contributed by atoms with Crippen molar-refractivity contribution in [3.63, 3.8) is 0 Å². The van der Waals surface area contributed by atoms with Crippen molar-refractivity contribution in [1.29, 1.82) is 0 Å². The van der Waals surface area contributed by atoms with Gasteiger partial charge in [-0.1, -0.05) is 68.9 Å². The Bertz CT molecular complexity index is 1090. The molecule has 10 heteroatoms. The lowest BCUT2D eigenvalue weighted by atomic mass is 10.0. The molecule has 2 aromatic rings. The Morgan fingerprint density at radius 2 is 1.73 bits per heavy atom. The highest BCUT2D eigenvalue weighted by Crippen LogP contribution is 2.33. The molecular formula is C30H40BrNO8. The van der Waals surface area contributed by atoms with Crippen molar-refractivity contribution in [1.82, 2.24) is 4.90 Å². The zero-order valence-corrected chi connectivity index (χ0v) is 24.9. The number of aliphatic hydroxyl groups excluding tert-OH is 1. The zero-order valence-electron chi connectivity index (χ0n) is 23.3. The maximum Gasteiger partial charge on any atom is 0.417 e. The lowest BCUT2D eigenvalue weighted by Crippen LogP contribution is -2.48. The number of aryl methyl sites for hydroxylation is 1. The summed E-state index contributed by atoms with van der Waals surface area (Å²) in [5, 5.41) is 8.86. The van der Waals surface area contributed by atoms with Gasteiger partial charge in [0.25, 0.3) is 5.91 Å². The second-order valence-electron chi connectivity index (χ2n) is 10.0. The molecule has 0 spiro atoms. The van der Waals surface area contributed by atoms with Gasteiger partial charge in [-0.25, -0.2) is 9.69 Å². The Kier molecular flexibility index (Phi) is 13.2. The number of furan rings is 1. The molecule has 0 radical (unpaired) electrons. The van der Waals surface area contributed by atoms with Gasteiger partial charge in [0.1, 0.15) is 18.1 Å². The summed E-state index contributed by atoms with van der Waals surface area (Å²) in [7, 11) is 1.33. The first-order chi connectivity index (χ1) is 19.3. The van der Waals surface area contributed by atoms with Crippen molar-refractivity contribution >= 4 is 33.9 Å². The topological polar surface area (TPSA) is 116 Å². The molecule has 9 nitrogen and oxygen atoms in total. The number of aliphatic hydroxyl groups is 1. The van der Waals surface area contributed by atoms with Gasteiger partial charge in [-0.15, -0.1) is 0 Å². The quantitative estimate of drug-likeness (QED) is 0.171. The van der Waals surface area contributed by atoms with Crippen LogP contribution in [0.1, 0.15) is 81.5 Å². The number of esters is 1. The molecule has 1 aromatic heterocycles. The van der Waals surface area contributed by atoms with Gasteiger partial charge in [-0.2, -0.15) is 0 Å². The van der Waals surface area contributed by atoms with Crippen LogP contribution in [0.5, 0.6) is 0 Å². The molecule has 220 valence electrons. The molecule has 1 aliphatic heterocycles. The molecule has 0 saturated carbocycles. The number of nitrogens with zero attached hydrogens (tertiary/aromatic N) is 1. The van der Waals surface area contributed by atoms with Gasteiger partial charge in [-0.3, -0.25) is 9.59 Å². The molecule has 2 amide bonds. The molecule has 40 heavy (non-hydrogen) atoms. The molecule has 3 atom stereocenters. The van der Waals surface area contributed by atoms with Crippen LogP contribution in [-0.4, -0.2) is 60.4 Å². The normalized spacial score (nSPS) is 16.6. The summed E-state index contributed by atoms with van der Waals surface area (Å²) in [5.41, 5.74) is 0.954. The Balaban J connectivity index is 1.67. The molecule has 1 aliphatic rings. The largest absolute Gasteiger partial charge is 0.461 e. The van der Waals surface area contributed by atoms with Crippen LogP contribution in [0.25, 0.3) is 0 Å². The number of cyclic esters (lactones) is 1. The van der Waals surface area contributed by atoms with Crippen LogP contribution in [0.15, 0.2) is 45.3 Å². The van der Waals surface area contributed by atoms with Gasteiger partial charge in [-0.05, 0) is 46.8 Å². The van der Waals surface area contributed by atoms with E-state index >= 15 is 0 Å². The van der Waals surface area contributed by atoms with Crippen LogP contribution in [0, 0.1) is 0 Å². The van der Waals surface area contributed by atoms with E-state index in [2.05, 4.69) is 15.9 Å². The van der Waals surface area contributed by atoms with Crippen molar-refractivity contribution in [3.8, 4) is 0 Å². The third kappa shape index (κ3) is 9.17. The molecule has 1 aromatic carbocycles. The Morgan fingerprint density at radius 3 is 2.35 bits per heavy atom. The fourth-order valence-corrected chi connectivity index (χ4v) is 5.41. The number of carbonyl (C=O) groups is 3. The van der Waals surface area contributed by atoms with E-state index in [0.717, 1.165) is 55.4 Å². The third-order valence-electron chi connectivity index (χ3n) is 6.95. The Morgan fingerprint density at radius 1 is 1.07 bits per heavy atom. The summed E-state index contributed by atoms with van der Waals surface area (Å²) < 4.78 is 23.1. The minimum absolute atomic E-state index is 0.0627. The number of rotatable bonds is 17. The van der Waals surface area contributed by atoms with Crippen LogP contribution in [0.3, 0.4) is 0 Å². The highest BCUT2D eigenvalue weighted by Gasteiger charge is 2.45. The number of hydrogen-bond donors (Lipinski definition) is 1. The van der Waals surface area contributed by atoms with E-state index in [-0.39, 0.29) is 19.0 Å². The summed E-state index contributed by atoms with van der Waals surface area (Å²) >= 11 is 3.54. The number of ether oxygens (including phenoxy) is 3. The molecular weight excluding hydrogens is 582 g/mol. The fraction of sp³-hybridized carbons (Fsp3) is 0.567. The second-order valence-corrected chi connectivity index (χ2v) is 10.9. The molecule has 3 unspecified atom stereocenters. The molecule has 0 bridgehead atoms. The summed E-state index contributed by atoms with van der Waals surface area (Å²) in [4.78, 5) is 39.4. The predicted molar refractivity (Wildman–Crippen MR) is 152 cm³/mol. The Labute approximate surface area is 244 Å². The monoisotopic (exact) mass is 621 g/mol. The smallest absolute Gasteiger partial charge is 0.417 e. The predicted octanol–water partition coefficient (Wildman–Crippen LogP) is 5.91. The molecule has 3 rings (SSSR count). The van der Waals surface area contributed by atoms with Crippen molar-refractivity contribution in [2.45, 2.75) is 89.4 Å². The summed E-state index contributed by atoms with van der Waals surface area (Å²) in [6.07, 6.45) is 6.35. The number of carbonyl (C=O) groups excluding carboxylic acids is 3. The van der Waals surface area contributed by atoms with Gasteiger partial charge in [0.2, 0.25) is 0 Å². The van der Waals surface area contributed by atoms with Crippen molar-refractivity contribution < 1.29 is 38.1 Å². The number of imide groups is 1. The average molecular weight is 623 g/mol. The van der Waals surface area contributed by atoms with Gasteiger partial charge in [0.05, 0.1) is 10.5 Å². The number of unbranched alkanes of at least 4 members (excludes halogenated alkanes) is 7. The lowest BCUT2D eigenvalue weighted by Gasteiger charge is -2.28. The van der Waals surface area contributed by atoms with Crippen LogP contribution in [-0.2, 0) is 36.6 Å². The highest BCUT2D eigenvalue weighted by molar-refractivity contribution is 9.10. The standard InChI is InChI=1S/C30H40BrNO8/c1-21(34)39-27(26-19-24(31)25(40-26)16-12-7-5-3-4-6-8-13-17-33)28(37-2)29(35)32-23(20-38-30(32)36)18-22-14-10-9-11-15-22/h9-11,14-15,19,23,27-28,33H,3-8,12-13,16-18,20H2,1-2H3. The summed E-state index contributed by atoms with van der Waals surface area (Å²) in [6, 6.07) is 10.7. The van der Waals surface area contributed by atoms with Gasteiger partial charge in [0, 0.05) is 27.1 Å². The van der Waals surface area contributed by atoms with Crippen molar-refractivity contribution in [3.05, 3.63) is 58.0 Å².